The van der Waals surface area contributed by atoms with Crippen molar-refractivity contribution < 1.29 is 0 Å². The average molecular weight is 433 g/mol. The molecule has 0 aliphatic carbocycles. The molecule has 0 saturated carbocycles. The molecule has 3 rings (SSSR count). The van der Waals surface area contributed by atoms with Crippen molar-refractivity contribution >= 4 is 11.0 Å². The van der Waals surface area contributed by atoms with Crippen molar-refractivity contribution in [1.29, 1.82) is 0 Å². The predicted molar refractivity (Wildman–Crippen MR) is 140 cm³/mol. The van der Waals surface area contributed by atoms with Crippen molar-refractivity contribution in [2.75, 3.05) is 0 Å². The van der Waals surface area contributed by atoms with Crippen LogP contribution < -0.4 is 0 Å². The monoisotopic (exact) mass is 432 g/mol. The topological polar surface area (TPSA) is 17.8 Å². The molecular weight excluding hydrogens is 388 g/mol. The fourth-order valence-corrected chi connectivity index (χ4v) is 4.76. The van der Waals surface area contributed by atoms with E-state index < -0.39 is 0 Å². The van der Waals surface area contributed by atoms with Gasteiger partial charge in [-0.05, 0) is 30.7 Å². The predicted octanol–water partition coefficient (Wildman–Crippen LogP) is 9.44. The summed E-state index contributed by atoms with van der Waals surface area (Å²) in [5, 5.41) is 0. The Bertz CT molecular complexity index is 865. The highest BCUT2D eigenvalue weighted by Gasteiger charge is 2.11. The molecule has 0 radical (unpaired) electrons. The lowest BCUT2D eigenvalue weighted by molar-refractivity contribution is 0.531. The van der Waals surface area contributed by atoms with E-state index in [1.165, 1.54) is 113 Å². The number of imidazole rings is 1. The highest BCUT2D eigenvalue weighted by atomic mass is 15.1. The first kappa shape index (κ1) is 24.6. The van der Waals surface area contributed by atoms with Crippen molar-refractivity contribution in [1.82, 2.24) is 9.55 Å². The molecule has 1 aromatic heterocycles. The number of hydrogen-bond donors (Lipinski definition) is 0. The van der Waals surface area contributed by atoms with Crippen molar-refractivity contribution in [2.45, 2.75) is 110 Å². The molecule has 0 saturated heterocycles. The molecule has 0 bridgehead atoms. The third-order valence-electron chi connectivity index (χ3n) is 6.65. The number of rotatable bonds is 17. The molecule has 0 unspecified atom stereocenters. The summed E-state index contributed by atoms with van der Waals surface area (Å²) >= 11 is 0. The van der Waals surface area contributed by atoms with Gasteiger partial charge in [0.05, 0.1) is 11.0 Å². The molecule has 32 heavy (non-hydrogen) atoms. The Balaban J connectivity index is 1.28. The molecule has 0 N–H and O–H groups in total. The van der Waals surface area contributed by atoms with Gasteiger partial charge < -0.3 is 0 Å². The first-order valence-electron chi connectivity index (χ1n) is 13.4. The summed E-state index contributed by atoms with van der Waals surface area (Å²) in [5.74, 6) is 1.20. The molecule has 3 aromatic rings. The number of unbranched alkanes of at least 4 members (excludes halogenated alkanes) is 14. The van der Waals surface area contributed by atoms with Crippen molar-refractivity contribution in [3.05, 3.63) is 60.4 Å². The van der Waals surface area contributed by atoms with Gasteiger partial charge in [-0.3, -0.25) is 4.57 Å². The van der Waals surface area contributed by atoms with Crippen LogP contribution in [-0.4, -0.2) is 9.55 Å². The Kier molecular flexibility index (Phi) is 11.4. The summed E-state index contributed by atoms with van der Waals surface area (Å²) < 4.78 is 2.35. The standard InChI is InChI=1S/C30H44N2/c1-2-3-4-5-6-7-8-9-10-11-12-13-14-15-19-26-30-31-28-24-20-21-25-29(28)32(30)27-22-17-16-18-23-27/h16-18,20-25H,2-15,19,26H2,1H3. The largest absolute Gasteiger partial charge is 0.296 e. The summed E-state index contributed by atoms with van der Waals surface area (Å²) in [6.45, 7) is 2.29. The smallest absolute Gasteiger partial charge is 0.114 e. The van der Waals surface area contributed by atoms with Gasteiger partial charge in [-0.1, -0.05) is 127 Å². The molecular formula is C30H44N2. The Hall–Kier alpha value is -2.09. The second kappa shape index (κ2) is 14.9. The van der Waals surface area contributed by atoms with Gasteiger partial charge >= 0.3 is 0 Å². The number of hydrogen-bond acceptors (Lipinski definition) is 1. The van der Waals surface area contributed by atoms with Crippen LogP contribution in [0.3, 0.4) is 0 Å². The molecule has 2 nitrogen and oxygen atoms in total. The second-order valence-corrected chi connectivity index (χ2v) is 9.39. The summed E-state index contributed by atoms with van der Waals surface area (Å²) in [6, 6.07) is 19.2. The van der Waals surface area contributed by atoms with E-state index in [9.17, 15) is 0 Å². The SMILES string of the molecule is CCCCCCCCCCCCCCCCCc1nc2ccccc2n1-c1ccccc1. The van der Waals surface area contributed by atoms with Gasteiger partial charge in [-0.15, -0.1) is 0 Å². The maximum Gasteiger partial charge on any atom is 0.114 e. The van der Waals surface area contributed by atoms with Crippen molar-refractivity contribution in [2.24, 2.45) is 0 Å². The van der Waals surface area contributed by atoms with E-state index in [0.717, 1.165) is 11.9 Å². The number of benzene rings is 2. The third kappa shape index (κ3) is 8.11. The highest BCUT2D eigenvalue weighted by molar-refractivity contribution is 5.78. The number of aromatic nitrogens is 2. The lowest BCUT2D eigenvalue weighted by atomic mass is 10.0. The lowest BCUT2D eigenvalue weighted by Crippen LogP contribution is -2.01. The number of nitrogens with zero attached hydrogens (tertiary/aromatic N) is 2. The Morgan fingerprint density at radius 1 is 0.562 bits per heavy atom. The maximum absolute atomic E-state index is 4.96. The minimum Gasteiger partial charge on any atom is -0.296 e. The summed E-state index contributed by atoms with van der Waals surface area (Å²) in [6.07, 6.45) is 22.1. The zero-order valence-electron chi connectivity index (χ0n) is 20.4. The number of para-hydroxylation sites is 3. The van der Waals surface area contributed by atoms with Gasteiger partial charge in [-0.25, -0.2) is 4.98 Å². The molecule has 0 fully saturated rings. The van der Waals surface area contributed by atoms with Gasteiger partial charge in [0, 0.05) is 12.1 Å². The van der Waals surface area contributed by atoms with E-state index in [-0.39, 0.29) is 0 Å². The maximum atomic E-state index is 4.96. The minimum absolute atomic E-state index is 1.06. The molecule has 2 aromatic carbocycles. The van der Waals surface area contributed by atoms with Crippen molar-refractivity contribution in [3.8, 4) is 5.69 Å². The van der Waals surface area contributed by atoms with E-state index in [1.54, 1.807) is 0 Å². The van der Waals surface area contributed by atoms with Gasteiger partial charge in [-0.2, -0.15) is 0 Å². The van der Waals surface area contributed by atoms with Crippen LogP contribution in [0.1, 0.15) is 109 Å². The van der Waals surface area contributed by atoms with Crippen LogP contribution in [0.2, 0.25) is 0 Å². The average Bonchev–Trinajstić information content (AvgIpc) is 3.20. The Labute approximate surface area is 196 Å². The third-order valence-corrected chi connectivity index (χ3v) is 6.65. The van der Waals surface area contributed by atoms with Gasteiger partial charge in [0.1, 0.15) is 5.82 Å². The van der Waals surface area contributed by atoms with Crippen molar-refractivity contribution in [3.63, 3.8) is 0 Å². The van der Waals surface area contributed by atoms with E-state index >= 15 is 0 Å². The fraction of sp³-hybridized carbons (Fsp3) is 0.567. The van der Waals surface area contributed by atoms with Crippen LogP contribution in [0.5, 0.6) is 0 Å². The van der Waals surface area contributed by atoms with Gasteiger partial charge in [0.25, 0.3) is 0 Å². The zero-order valence-corrected chi connectivity index (χ0v) is 20.4. The fourth-order valence-electron chi connectivity index (χ4n) is 4.76. The molecule has 2 heteroatoms. The van der Waals surface area contributed by atoms with E-state index in [0.29, 0.717) is 0 Å². The van der Waals surface area contributed by atoms with Crippen LogP contribution in [0.4, 0.5) is 0 Å². The Morgan fingerprint density at radius 2 is 1.06 bits per heavy atom. The second-order valence-electron chi connectivity index (χ2n) is 9.39. The quantitative estimate of drug-likeness (QED) is 0.194. The summed E-state index contributed by atoms with van der Waals surface area (Å²) in [7, 11) is 0. The first-order chi connectivity index (χ1) is 15.9. The van der Waals surface area contributed by atoms with Gasteiger partial charge in [0.15, 0.2) is 0 Å². The summed E-state index contributed by atoms with van der Waals surface area (Å²) in [5.41, 5.74) is 3.54. The van der Waals surface area contributed by atoms with Crippen LogP contribution in [-0.2, 0) is 6.42 Å². The molecule has 0 spiro atoms. The molecule has 0 atom stereocenters. The normalized spacial score (nSPS) is 11.4. The first-order valence-corrected chi connectivity index (χ1v) is 13.4. The van der Waals surface area contributed by atoms with Crippen LogP contribution in [0.25, 0.3) is 16.7 Å². The molecule has 0 aliphatic heterocycles. The van der Waals surface area contributed by atoms with Crippen LogP contribution in [0, 0.1) is 0 Å². The van der Waals surface area contributed by atoms with E-state index in [4.69, 9.17) is 4.98 Å². The highest BCUT2D eigenvalue weighted by Crippen LogP contribution is 2.23. The number of fused-ring (bicyclic) bond motifs is 1. The Morgan fingerprint density at radius 3 is 1.66 bits per heavy atom. The molecule has 174 valence electrons. The zero-order chi connectivity index (χ0) is 22.3. The lowest BCUT2D eigenvalue weighted by Gasteiger charge is -2.09. The molecule has 0 amide bonds. The minimum atomic E-state index is 1.06. The number of aryl methyl sites for hydroxylation is 1. The molecule has 1 heterocycles. The van der Waals surface area contributed by atoms with Crippen LogP contribution in [0.15, 0.2) is 54.6 Å². The van der Waals surface area contributed by atoms with E-state index in [1.807, 2.05) is 0 Å². The summed E-state index contributed by atoms with van der Waals surface area (Å²) in [4.78, 5) is 4.96. The van der Waals surface area contributed by atoms with Gasteiger partial charge in [0.2, 0.25) is 0 Å². The van der Waals surface area contributed by atoms with E-state index in [2.05, 4.69) is 66.1 Å². The molecule has 0 aliphatic rings. The van der Waals surface area contributed by atoms with Crippen LogP contribution >= 0.6 is 0 Å².